The smallest absolute Gasteiger partial charge is 0.262 e. The molecule has 10 rings (SSSR count). The van der Waals surface area contributed by atoms with Gasteiger partial charge in [-0.3, -0.25) is 53.7 Å². The highest BCUT2D eigenvalue weighted by atomic mass is 79.9. The molecular weight excluding hydrogens is 985 g/mol. The number of nitrogens with one attached hydrogen (secondary N) is 4. The summed E-state index contributed by atoms with van der Waals surface area (Å²) in [6.45, 7) is 5.87. The number of sulfonamides is 1. The topological polar surface area (TPSA) is 242 Å². The van der Waals surface area contributed by atoms with Crippen LogP contribution in [0.4, 0.5) is 40.2 Å². The summed E-state index contributed by atoms with van der Waals surface area (Å²) in [5.74, 6) is -0.338. The average Bonchev–Trinajstić information content (AvgIpc) is 3.89. The molecule has 70 heavy (non-hydrogen) atoms. The van der Waals surface area contributed by atoms with Crippen molar-refractivity contribution in [3.8, 4) is 16.9 Å². The number of carbonyl (C=O) groups is 4. The third kappa shape index (κ3) is 9.42. The second kappa shape index (κ2) is 18.9. The van der Waals surface area contributed by atoms with Crippen LogP contribution in [0.25, 0.3) is 22.2 Å². The number of carbonyl (C=O) groups excluding carboxylic acids is 4. The SMILES string of the molecule is COc1cc(N2CCC(CN3CCN(c4ccc5c(c4)C(=O)N(C4CCC(=O)NC4=O)C5=O)CC3)CC2)c(-c2cnn(C)c2)cc1Nc1ncc(Br)c(Nc2ccc3nccnc3c2NS(C)(=O)=O)n1. The van der Waals surface area contributed by atoms with Crippen LogP contribution in [0.15, 0.2) is 77.9 Å². The molecule has 6 aromatic rings. The molecule has 0 radical (unpaired) electrons. The molecule has 7 heterocycles. The van der Waals surface area contributed by atoms with Crippen LogP contribution in [0.5, 0.6) is 5.75 Å². The Kier molecular flexibility index (Phi) is 12.6. The Morgan fingerprint density at radius 2 is 1.60 bits per heavy atom. The van der Waals surface area contributed by atoms with Crippen LogP contribution >= 0.6 is 15.9 Å². The fourth-order valence-electron chi connectivity index (χ4n) is 9.65. The van der Waals surface area contributed by atoms with E-state index in [1.54, 1.807) is 42.3 Å². The number of imide groups is 2. The molecule has 3 saturated heterocycles. The van der Waals surface area contributed by atoms with Gasteiger partial charge in [-0.05, 0) is 77.5 Å². The molecule has 0 saturated carbocycles. The van der Waals surface area contributed by atoms with Crippen LogP contribution < -0.4 is 35.2 Å². The van der Waals surface area contributed by atoms with E-state index in [0.29, 0.717) is 44.4 Å². The van der Waals surface area contributed by atoms with Crippen LogP contribution in [-0.2, 0) is 26.7 Å². The number of aromatic nitrogens is 6. The Morgan fingerprint density at radius 1 is 0.829 bits per heavy atom. The lowest BCUT2D eigenvalue weighted by atomic mass is 9.94. The van der Waals surface area contributed by atoms with Crippen molar-refractivity contribution in [3.63, 3.8) is 0 Å². The van der Waals surface area contributed by atoms with Gasteiger partial charge in [0.15, 0.2) is 0 Å². The molecule has 3 aromatic carbocycles. The van der Waals surface area contributed by atoms with Crippen molar-refractivity contribution < 1.29 is 32.3 Å². The van der Waals surface area contributed by atoms with Crippen molar-refractivity contribution >= 4 is 101 Å². The van der Waals surface area contributed by atoms with Gasteiger partial charge in [-0.2, -0.15) is 10.1 Å². The monoisotopic (exact) mass is 1030 g/mol. The van der Waals surface area contributed by atoms with E-state index in [1.807, 2.05) is 37.6 Å². The Labute approximate surface area is 411 Å². The van der Waals surface area contributed by atoms with Crippen molar-refractivity contribution in [2.24, 2.45) is 13.0 Å². The second-order valence-corrected chi connectivity index (χ2v) is 20.4. The minimum absolute atomic E-state index is 0.0748. The molecule has 0 bridgehead atoms. The molecule has 1 atom stereocenters. The van der Waals surface area contributed by atoms with Gasteiger partial charge in [0.05, 0.1) is 57.7 Å². The van der Waals surface area contributed by atoms with Crippen LogP contribution in [-0.4, -0.2) is 137 Å². The lowest BCUT2D eigenvalue weighted by molar-refractivity contribution is -0.136. The predicted molar refractivity (Wildman–Crippen MR) is 266 cm³/mol. The summed E-state index contributed by atoms with van der Waals surface area (Å²) in [4.78, 5) is 77.1. The summed E-state index contributed by atoms with van der Waals surface area (Å²) in [5.41, 5.74) is 6.47. The maximum atomic E-state index is 13.5. The molecule has 4 N–H and O–H groups in total. The van der Waals surface area contributed by atoms with Crippen molar-refractivity contribution in [1.29, 1.82) is 0 Å². The molecule has 3 aromatic heterocycles. The summed E-state index contributed by atoms with van der Waals surface area (Å²) in [6, 6.07) is 11.8. The van der Waals surface area contributed by atoms with Crippen LogP contribution in [0.2, 0.25) is 0 Å². The van der Waals surface area contributed by atoms with Crippen LogP contribution in [0.3, 0.4) is 0 Å². The third-order valence-electron chi connectivity index (χ3n) is 13.1. The number of halogens is 1. The molecule has 4 aliphatic heterocycles. The highest BCUT2D eigenvalue weighted by molar-refractivity contribution is 9.10. The maximum absolute atomic E-state index is 13.5. The number of nitrogens with zero attached hydrogens (tertiary/aromatic N) is 10. The fourth-order valence-corrected chi connectivity index (χ4v) is 10.5. The van der Waals surface area contributed by atoms with Gasteiger partial charge in [0.2, 0.25) is 27.8 Å². The summed E-state index contributed by atoms with van der Waals surface area (Å²) >= 11 is 3.54. The molecule has 21 nitrogen and oxygen atoms in total. The van der Waals surface area contributed by atoms with Gasteiger partial charge in [0.25, 0.3) is 11.8 Å². The predicted octanol–water partition coefficient (Wildman–Crippen LogP) is 4.89. The van der Waals surface area contributed by atoms with Gasteiger partial charge < -0.3 is 25.2 Å². The Hall–Kier alpha value is -7.24. The van der Waals surface area contributed by atoms with E-state index in [-0.39, 0.29) is 35.6 Å². The van der Waals surface area contributed by atoms with Crippen LogP contribution in [0, 0.1) is 5.92 Å². The largest absolute Gasteiger partial charge is 0.494 e. The Balaban J connectivity index is 0.801. The number of piperazine rings is 1. The van der Waals surface area contributed by atoms with Crippen molar-refractivity contribution in [3.05, 3.63) is 89.0 Å². The fraction of sp³-hybridized carbons (Fsp3) is 0.340. The first-order chi connectivity index (χ1) is 33.7. The summed E-state index contributed by atoms with van der Waals surface area (Å²) in [7, 11) is -0.179. The minimum atomic E-state index is -3.68. The van der Waals surface area contributed by atoms with Crippen molar-refractivity contribution in [2.45, 2.75) is 31.7 Å². The summed E-state index contributed by atoms with van der Waals surface area (Å²) in [5, 5.41) is 13.3. The molecule has 362 valence electrons. The number of amides is 4. The number of aryl methyl sites for hydroxylation is 1. The zero-order valence-corrected chi connectivity index (χ0v) is 40.9. The number of methoxy groups -OCH3 is 1. The van der Waals surface area contributed by atoms with E-state index >= 15 is 0 Å². The maximum Gasteiger partial charge on any atom is 0.262 e. The van der Waals surface area contributed by atoms with Gasteiger partial charge in [-0.1, -0.05) is 0 Å². The number of hydrogen-bond donors (Lipinski definition) is 4. The lowest BCUT2D eigenvalue weighted by Gasteiger charge is -2.40. The quantitative estimate of drug-likeness (QED) is 0.113. The normalized spacial score (nSPS) is 18.1. The minimum Gasteiger partial charge on any atom is -0.494 e. The van der Waals surface area contributed by atoms with Gasteiger partial charge in [-0.15, -0.1) is 0 Å². The molecule has 4 aliphatic rings. The molecule has 3 fully saturated rings. The van der Waals surface area contributed by atoms with Gasteiger partial charge in [-0.25, -0.2) is 13.4 Å². The van der Waals surface area contributed by atoms with E-state index in [0.717, 1.165) is 92.3 Å². The summed E-state index contributed by atoms with van der Waals surface area (Å²) < 4.78 is 35.7. The third-order valence-corrected chi connectivity index (χ3v) is 14.3. The van der Waals surface area contributed by atoms with Crippen LogP contribution in [0.1, 0.15) is 46.4 Å². The molecule has 0 spiro atoms. The molecule has 1 unspecified atom stereocenters. The van der Waals surface area contributed by atoms with Gasteiger partial charge in [0, 0.05) is 113 Å². The number of fused-ring (bicyclic) bond motifs is 2. The summed E-state index contributed by atoms with van der Waals surface area (Å²) in [6.07, 6.45) is 11.7. The number of rotatable bonds is 13. The number of hydrogen-bond acceptors (Lipinski definition) is 17. The standard InChI is InChI=1S/C47H49BrN14O7S/c1-58-26-28(23-52-58)31-21-36(54-47-51-24-33(48)43(56-47)53-35-7-6-34-41(50-13-12-49-34)42(35)57-70(3,67)68)39(69-2)22-38(31)61-14-10-27(11-15-61)25-59-16-18-60(19-17-59)29-4-5-30-32(20-29)46(66)62(45(30)65)37-8-9-40(63)55-44(37)64/h4-7,12-13,20-24,26-27,37,57H,8-11,14-19,25H2,1-3H3,(H,55,63,64)(H2,51,53,54,56). The van der Waals surface area contributed by atoms with Crippen molar-refractivity contribution in [2.75, 3.05) is 84.3 Å². The van der Waals surface area contributed by atoms with Crippen molar-refractivity contribution in [1.82, 2.24) is 44.8 Å². The Morgan fingerprint density at radius 3 is 2.33 bits per heavy atom. The first-order valence-corrected chi connectivity index (χ1v) is 25.4. The number of ether oxygens (including phenoxy) is 1. The lowest BCUT2D eigenvalue weighted by Crippen LogP contribution is -2.54. The average molecular weight is 1030 g/mol. The second-order valence-electron chi connectivity index (χ2n) is 17.8. The number of benzene rings is 3. The molecular formula is C47H49BrN14O7S. The number of anilines is 7. The highest BCUT2D eigenvalue weighted by Gasteiger charge is 2.45. The zero-order valence-electron chi connectivity index (χ0n) is 38.5. The van der Waals surface area contributed by atoms with E-state index < -0.39 is 39.7 Å². The van der Waals surface area contributed by atoms with E-state index in [2.05, 4.69) is 71.4 Å². The van der Waals surface area contributed by atoms with E-state index in [9.17, 15) is 27.6 Å². The molecule has 0 aliphatic carbocycles. The van der Waals surface area contributed by atoms with E-state index in [4.69, 9.17) is 9.72 Å². The molecule has 23 heteroatoms. The number of piperidine rings is 2. The first kappa shape index (κ1) is 46.5. The zero-order chi connectivity index (χ0) is 48.8. The first-order valence-electron chi connectivity index (χ1n) is 22.8. The van der Waals surface area contributed by atoms with Gasteiger partial charge >= 0.3 is 0 Å². The molecule has 4 amide bonds. The van der Waals surface area contributed by atoms with E-state index in [1.165, 1.54) is 12.4 Å². The highest BCUT2D eigenvalue weighted by Crippen LogP contribution is 2.42. The van der Waals surface area contributed by atoms with Gasteiger partial charge in [0.1, 0.15) is 23.1 Å². The Bertz CT molecular complexity index is 3190.